The normalized spacial score (nSPS) is 11.5. The third-order valence-electron chi connectivity index (χ3n) is 18.5. The Hall–Kier alpha value is -12.9. The van der Waals surface area contributed by atoms with Crippen molar-refractivity contribution in [2.75, 3.05) is 0 Å². The van der Waals surface area contributed by atoms with Crippen molar-refractivity contribution in [2.24, 2.45) is 0 Å². The second-order valence-electron chi connectivity index (χ2n) is 24.6. The molecule has 0 radical (unpaired) electrons. The monoisotopic (exact) mass is 1270 g/mol. The van der Waals surface area contributed by atoms with Crippen LogP contribution in [0.1, 0.15) is 0 Å². The number of rotatable bonds is 13. The molecule has 0 aliphatic heterocycles. The molecule has 0 aliphatic rings. The fraction of sp³-hybridized carbons (Fsp3) is 0. The predicted octanol–water partition coefficient (Wildman–Crippen LogP) is 23.5. The molecule has 8 heteroatoms. The number of hydrogen-bond acceptors (Lipinski definition) is 7. The van der Waals surface area contributed by atoms with Crippen LogP contribution in [0.15, 0.2) is 346 Å². The summed E-state index contributed by atoms with van der Waals surface area (Å²) in [5.74, 6) is 3.60. The zero-order chi connectivity index (χ0) is 64.9. The van der Waals surface area contributed by atoms with Crippen LogP contribution in [-0.4, -0.2) is 34.5 Å². The van der Waals surface area contributed by atoms with Gasteiger partial charge in [-0.15, -0.1) is 11.3 Å². The van der Waals surface area contributed by atoms with Crippen LogP contribution in [0.2, 0.25) is 0 Å². The van der Waals surface area contributed by atoms with Crippen LogP contribution in [0.3, 0.4) is 0 Å². The van der Waals surface area contributed by atoms with E-state index in [-0.39, 0.29) is 0 Å². The van der Waals surface area contributed by atoms with Gasteiger partial charge >= 0.3 is 0 Å². The number of nitrogens with zero attached hydrogens (tertiary/aromatic N) is 7. The predicted molar refractivity (Wildman–Crippen MR) is 406 cm³/mol. The van der Waals surface area contributed by atoms with Gasteiger partial charge in [-0.05, 0) is 122 Å². The zero-order valence-corrected chi connectivity index (χ0v) is 53.8. The minimum absolute atomic E-state index is 0.592. The van der Waals surface area contributed by atoms with E-state index in [0.717, 1.165) is 111 Å². The Morgan fingerprint density at radius 3 is 0.939 bits per heavy atom. The maximum absolute atomic E-state index is 5.34. The summed E-state index contributed by atoms with van der Waals surface area (Å²) < 4.78 is 4.86. The maximum atomic E-state index is 5.34. The Kier molecular flexibility index (Phi) is 14.6. The second kappa shape index (κ2) is 24.8. The average molecular weight is 1270 g/mol. The third kappa shape index (κ3) is 10.8. The van der Waals surface area contributed by atoms with Crippen molar-refractivity contribution in [2.45, 2.75) is 0 Å². The standard InChI is InChI=1S/C90H57N7S/c1-8-25-58(26-9-1)68-51-69(59-27-10-2-11-28-59)54-72(53-68)89-93-85(64-33-16-5-17-34-64)91-87(95-89)66-47-43-62(44-48-66)75-40-24-41-77-81-82-79(76-39-22-23-42-80(76)97(82)74-37-20-7-21-38-74)57-78(84(81)98-83(75)77)63-45-49-67(50-46-63)88-92-86(65-35-18-6-19-36-65)94-90(96-88)73-55-70(60-29-12-3-13-30-60)52-71(56-73)61-31-14-4-15-32-61/h1-57H. The molecule has 4 aromatic heterocycles. The lowest BCUT2D eigenvalue weighted by Crippen LogP contribution is -2.00. The van der Waals surface area contributed by atoms with E-state index in [1.165, 1.54) is 36.5 Å². The molecule has 0 aliphatic carbocycles. The average Bonchev–Trinajstić information content (AvgIpc) is 1.54. The molecule has 0 atom stereocenters. The number of hydrogen-bond donors (Lipinski definition) is 0. The molecule has 0 spiro atoms. The van der Waals surface area contributed by atoms with Crippen LogP contribution in [0.5, 0.6) is 0 Å². The van der Waals surface area contributed by atoms with Crippen LogP contribution >= 0.6 is 11.3 Å². The van der Waals surface area contributed by atoms with Gasteiger partial charge in [0, 0.05) is 75.6 Å². The molecule has 0 unspecified atom stereocenters. The van der Waals surface area contributed by atoms with Gasteiger partial charge in [-0.1, -0.05) is 285 Å². The van der Waals surface area contributed by atoms with E-state index in [1.807, 2.05) is 47.7 Å². The SMILES string of the molecule is c1ccc(-c2cc(-c3ccccc3)cc(-c3nc(-c4ccccc4)nc(-c4ccc(-c5cccc6c5sc5c(-c7ccc(-c8nc(-c9ccccc9)nc(-c9cc(-c%10ccccc%10)cc(-c%10ccccc%10)c9)n8)cc7)cc7c8ccccc8n(-c8ccccc8)c7c56)cc4)n3)c2)cc1. The fourth-order valence-corrected chi connectivity index (χ4v) is 15.1. The lowest BCUT2D eigenvalue weighted by Gasteiger charge is -2.13. The summed E-state index contributed by atoms with van der Waals surface area (Å²) >= 11 is 1.85. The molecule has 98 heavy (non-hydrogen) atoms. The van der Waals surface area contributed by atoms with Crippen LogP contribution in [0.25, 0.3) is 183 Å². The second-order valence-corrected chi connectivity index (χ2v) is 25.6. The van der Waals surface area contributed by atoms with Crippen molar-refractivity contribution in [3.05, 3.63) is 346 Å². The summed E-state index contributed by atoms with van der Waals surface area (Å²) in [7, 11) is 0. The summed E-state index contributed by atoms with van der Waals surface area (Å²) in [6.45, 7) is 0. The van der Waals surface area contributed by atoms with Crippen molar-refractivity contribution in [1.29, 1.82) is 0 Å². The molecule has 18 rings (SSSR count). The molecule has 0 bridgehead atoms. The molecule has 0 N–H and O–H groups in total. The summed E-state index contributed by atoms with van der Waals surface area (Å²) in [5, 5.41) is 4.77. The van der Waals surface area contributed by atoms with Gasteiger partial charge in [0.25, 0.3) is 0 Å². The van der Waals surface area contributed by atoms with E-state index in [9.17, 15) is 0 Å². The highest BCUT2D eigenvalue weighted by Gasteiger charge is 2.25. The first-order valence-electron chi connectivity index (χ1n) is 32.9. The van der Waals surface area contributed by atoms with Gasteiger partial charge in [0.15, 0.2) is 34.9 Å². The highest BCUT2D eigenvalue weighted by molar-refractivity contribution is 7.27. The first kappa shape index (κ1) is 57.8. The first-order chi connectivity index (χ1) is 48.5. The third-order valence-corrected chi connectivity index (χ3v) is 19.7. The quantitative estimate of drug-likeness (QED) is 0.114. The minimum atomic E-state index is 0.592. The van der Waals surface area contributed by atoms with Gasteiger partial charge in [0.1, 0.15) is 0 Å². The van der Waals surface area contributed by atoms with Crippen LogP contribution < -0.4 is 0 Å². The Balaban J connectivity index is 0.777. The molecule has 0 saturated carbocycles. The molecular formula is C90H57N7S. The lowest BCUT2D eigenvalue weighted by atomic mass is 9.95. The van der Waals surface area contributed by atoms with Crippen LogP contribution in [-0.2, 0) is 0 Å². The summed E-state index contributed by atoms with van der Waals surface area (Å²) in [6, 6.07) is 122. The highest BCUT2D eigenvalue weighted by atomic mass is 32.1. The van der Waals surface area contributed by atoms with Gasteiger partial charge in [0.2, 0.25) is 0 Å². The summed E-state index contributed by atoms with van der Waals surface area (Å²) in [6.07, 6.45) is 0. The maximum Gasteiger partial charge on any atom is 0.164 e. The van der Waals surface area contributed by atoms with E-state index >= 15 is 0 Å². The number of benzene rings is 14. The van der Waals surface area contributed by atoms with E-state index in [1.54, 1.807) is 0 Å². The van der Waals surface area contributed by atoms with Crippen LogP contribution in [0.4, 0.5) is 0 Å². The fourth-order valence-electron chi connectivity index (χ4n) is 13.7. The van der Waals surface area contributed by atoms with E-state index in [4.69, 9.17) is 29.9 Å². The smallest absolute Gasteiger partial charge is 0.164 e. The molecular weight excluding hydrogens is 1210 g/mol. The highest BCUT2D eigenvalue weighted by Crippen LogP contribution is 2.50. The van der Waals surface area contributed by atoms with Crippen molar-refractivity contribution in [3.63, 3.8) is 0 Å². The zero-order valence-electron chi connectivity index (χ0n) is 52.9. The van der Waals surface area contributed by atoms with Crippen molar-refractivity contribution in [1.82, 2.24) is 34.5 Å². The molecule has 0 saturated heterocycles. The van der Waals surface area contributed by atoms with Gasteiger partial charge in [0.05, 0.1) is 11.0 Å². The van der Waals surface area contributed by atoms with Crippen molar-refractivity contribution in [3.8, 4) is 141 Å². The van der Waals surface area contributed by atoms with Gasteiger partial charge < -0.3 is 4.57 Å². The molecule has 4 heterocycles. The number of thiophene rings is 1. The summed E-state index contributed by atoms with van der Waals surface area (Å²) in [4.78, 5) is 31.5. The first-order valence-corrected chi connectivity index (χ1v) is 33.7. The minimum Gasteiger partial charge on any atom is -0.309 e. The molecule has 18 aromatic rings. The van der Waals surface area contributed by atoms with Gasteiger partial charge in [-0.3, -0.25) is 0 Å². The number of aromatic nitrogens is 7. The van der Waals surface area contributed by atoms with E-state index in [0.29, 0.717) is 34.9 Å². The number of fused-ring (bicyclic) bond motifs is 7. The molecule has 7 nitrogen and oxygen atoms in total. The summed E-state index contributed by atoms with van der Waals surface area (Å²) in [5.41, 5.74) is 22.1. The Labute approximate surface area is 570 Å². The van der Waals surface area contributed by atoms with Crippen LogP contribution in [0, 0.1) is 0 Å². The largest absolute Gasteiger partial charge is 0.309 e. The Bertz CT molecular complexity index is 5870. The van der Waals surface area contributed by atoms with Crippen molar-refractivity contribution >= 4 is 53.3 Å². The van der Waals surface area contributed by atoms with Gasteiger partial charge in [-0.2, -0.15) is 0 Å². The van der Waals surface area contributed by atoms with E-state index < -0.39 is 0 Å². The number of para-hydroxylation sites is 2. The lowest BCUT2D eigenvalue weighted by molar-refractivity contribution is 1.07. The van der Waals surface area contributed by atoms with Gasteiger partial charge in [-0.25, -0.2) is 29.9 Å². The van der Waals surface area contributed by atoms with E-state index in [2.05, 4.69) is 314 Å². The molecule has 0 fully saturated rings. The molecule has 458 valence electrons. The Morgan fingerprint density at radius 1 is 0.204 bits per heavy atom. The van der Waals surface area contributed by atoms with Crippen molar-refractivity contribution < 1.29 is 0 Å². The molecule has 0 amide bonds. The topological polar surface area (TPSA) is 82.3 Å². The Morgan fingerprint density at radius 2 is 0.520 bits per heavy atom. The molecule has 14 aromatic carbocycles.